The highest BCUT2D eigenvalue weighted by Crippen LogP contribution is 2.40. The molecule has 0 heterocycles. The number of aryl methyl sites for hydroxylation is 1. The zero-order chi connectivity index (χ0) is 23.7. The average molecular weight is 462 g/mol. The number of phenols is 2. The minimum Gasteiger partial charge on any atom is -0.505 e. The maximum absolute atomic E-state index is 14.6. The van der Waals surface area contributed by atoms with Gasteiger partial charge in [-0.05, 0) is 91.3 Å². The van der Waals surface area contributed by atoms with Crippen LogP contribution in [-0.2, 0) is 6.42 Å². The van der Waals surface area contributed by atoms with Gasteiger partial charge in [-0.3, -0.25) is 0 Å². The van der Waals surface area contributed by atoms with Crippen molar-refractivity contribution in [2.75, 3.05) is 0 Å². The fourth-order valence-electron chi connectivity index (χ4n) is 4.67. The number of aromatic hydroxyl groups is 2. The van der Waals surface area contributed by atoms with Crippen LogP contribution in [0.25, 0.3) is 11.1 Å². The molecule has 0 amide bonds. The van der Waals surface area contributed by atoms with E-state index in [9.17, 15) is 32.2 Å². The molecule has 1 aliphatic rings. The van der Waals surface area contributed by atoms with E-state index < -0.39 is 40.6 Å². The molecule has 0 radical (unpaired) electrons. The van der Waals surface area contributed by atoms with E-state index in [2.05, 4.69) is 0 Å². The molecule has 0 spiro atoms. The van der Waals surface area contributed by atoms with E-state index in [0.29, 0.717) is 30.7 Å². The second kappa shape index (κ2) is 9.41. The smallest absolute Gasteiger partial charge is 0.200 e. The molecule has 0 bridgehead atoms. The van der Waals surface area contributed by atoms with Gasteiger partial charge in [-0.1, -0.05) is 18.2 Å². The molecular weight excluding hydrogens is 439 g/mol. The molecule has 3 aromatic carbocycles. The van der Waals surface area contributed by atoms with Gasteiger partial charge in [0.25, 0.3) is 0 Å². The van der Waals surface area contributed by atoms with Crippen LogP contribution in [0.1, 0.15) is 49.1 Å². The number of benzene rings is 3. The van der Waals surface area contributed by atoms with Gasteiger partial charge in [-0.25, -0.2) is 13.2 Å². The van der Waals surface area contributed by atoms with E-state index in [1.54, 1.807) is 6.07 Å². The maximum Gasteiger partial charge on any atom is 0.200 e. The summed E-state index contributed by atoms with van der Waals surface area (Å²) in [5.41, 5.74) is 0.791. The molecule has 0 atom stereocenters. The fraction of sp³-hybridized carbons (Fsp3) is 0.308. The maximum atomic E-state index is 14.6. The first kappa shape index (κ1) is 23.1. The quantitative estimate of drug-likeness (QED) is 0.389. The van der Waals surface area contributed by atoms with Crippen molar-refractivity contribution in [3.05, 3.63) is 82.7 Å². The molecule has 0 aromatic heterocycles. The summed E-state index contributed by atoms with van der Waals surface area (Å²) in [6, 6.07) is 9.05. The van der Waals surface area contributed by atoms with Crippen LogP contribution in [-0.4, -0.2) is 10.2 Å². The lowest BCUT2D eigenvalue weighted by Gasteiger charge is -2.29. The van der Waals surface area contributed by atoms with Gasteiger partial charge in [0.05, 0.1) is 0 Å². The highest BCUT2D eigenvalue weighted by atomic mass is 19.2. The lowest BCUT2D eigenvalue weighted by Crippen LogP contribution is -2.15. The van der Waals surface area contributed by atoms with Crippen molar-refractivity contribution < 1.29 is 32.2 Å². The van der Waals surface area contributed by atoms with Gasteiger partial charge >= 0.3 is 0 Å². The number of hydrogen-bond acceptors (Lipinski definition) is 2. The molecule has 1 fully saturated rings. The summed E-state index contributed by atoms with van der Waals surface area (Å²) in [6.45, 7) is 0. The monoisotopic (exact) mass is 462 g/mol. The second-order valence-corrected chi connectivity index (χ2v) is 8.62. The molecule has 1 saturated carbocycles. The number of halogens is 5. The van der Waals surface area contributed by atoms with E-state index in [0.717, 1.165) is 31.4 Å². The molecular formula is C26H23F5O2. The Morgan fingerprint density at radius 3 is 2.00 bits per heavy atom. The first-order valence-corrected chi connectivity index (χ1v) is 10.9. The first-order valence-electron chi connectivity index (χ1n) is 10.9. The molecule has 1 aliphatic carbocycles. The standard InChI is InChI=1S/C26H23F5O2/c27-20-13-17(19-10-12-22(33)26(31)24(19)29)8-7-16(20)6-3-14-1-4-15(5-2-14)18-9-11-21(32)25(30)23(18)28/h7-15,32-33H,1-6H2. The van der Waals surface area contributed by atoms with E-state index in [1.165, 1.54) is 24.3 Å². The average Bonchev–Trinajstić information content (AvgIpc) is 2.81. The SMILES string of the molecule is Oc1ccc(-c2ccc(CCC3CCC(c4ccc(O)c(F)c4F)CC3)c(F)c2)c(F)c1F. The molecule has 4 rings (SSSR count). The number of phenolic OH excluding ortho intramolecular Hbond substituents is 2. The van der Waals surface area contributed by atoms with Crippen LogP contribution in [0.15, 0.2) is 42.5 Å². The Kier molecular flexibility index (Phi) is 6.58. The topological polar surface area (TPSA) is 40.5 Å². The lowest BCUT2D eigenvalue weighted by atomic mass is 9.76. The highest BCUT2D eigenvalue weighted by Gasteiger charge is 2.26. The third-order valence-corrected chi connectivity index (χ3v) is 6.63. The third kappa shape index (κ3) is 4.68. The van der Waals surface area contributed by atoms with Gasteiger partial charge in [0.1, 0.15) is 5.82 Å². The summed E-state index contributed by atoms with van der Waals surface area (Å²) in [4.78, 5) is 0. The van der Waals surface area contributed by atoms with Crippen molar-refractivity contribution >= 4 is 0 Å². The van der Waals surface area contributed by atoms with E-state index in [-0.39, 0.29) is 22.6 Å². The fourth-order valence-corrected chi connectivity index (χ4v) is 4.67. The molecule has 0 saturated heterocycles. The summed E-state index contributed by atoms with van der Waals surface area (Å²) >= 11 is 0. The van der Waals surface area contributed by atoms with Crippen molar-refractivity contribution in [3.63, 3.8) is 0 Å². The Labute approximate surface area is 188 Å². The van der Waals surface area contributed by atoms with Crippen molar-refractivity contribution in [1.29, 1.82) is 0 Å². The van der Waals surface area contributed by atoms with Crippen molar-refractivity contribution in [1.82, 2.24) is 0 Å². The summed E-state index contributed by atoms with van der Waals surface area (Å²) in [7, 11) is 0. The third-order valence-electron chi connectivity index (χ3n) is 6.63. The van der Waals surface area contributed by atoms with Crippen LogP contribution in [0.5, 0.6) is 11.5 Å². The summed E-state index contributed by atoms with van der Waals surface area (Å²) in [6.07, 6.45) is 4.14. The molecule has 0 unspecified atom stereocenters. The van der Waals surface area contributed by atoms with Crippen molar-refractivity contribution in [3.8, 4) is 22.6 Å². The Morgan fingerprint density at radius 2 is 1.33 bits per heavy atom. The number of rotatable bonds is 5. The Balaban J connectivity index is 1.37. The minimum atomic E-state index is -1.37. The van der Waals surface area contributed by atoms with Crippen LogP contribution in [0.3, 0.4) is 0 Å². The molecule has 174 valence electrons. The molecule has 2 nitrogen and oxygen atoms in total. The van der Waals surface area contributed by atoms with Gasteiger partial charge in [0.15, 0.2) is 23.1 Å². The Morgan fingerprint density at radius 1 is 0.697 bits per heavy atom. The number of hydrogen-bond donors (Lipinski definition) is 2. The van der Waals surface area contributed by atoms with Gasteiger partial charge in [0.2, 0.25) is 11.6 Å². The van der Waals surface area contributed by atoms with Gasteiger partial charge in [-0.15, -0.1) is 0 Å². The molecule has 3 aromatic rings. The van der Waals surface area contributed by atoms with E-state index in [4.69, 9.17) is 0 Å². The van der Waals surface area contributed by atoms with E-state index >= 15 is 0 Å². The van der Waals surface area contributed by atoms with Crippen molar-refractivity contribution in [2.24, 2.45) is 5.92 Å². The summed E-state index contributed by atoms with van der Waals surface area (Å²) in [5, 5.41) is 18.5. The zero-order valence-corrected chi connectivity index (χ0v) is 17.7. The summed E-state index contributed by atoms with van der Waals surface area (Å²) < 4.78 is 70.1. The van der Waals surface area contributed by atoms with E-state index in [1.807, 2.05) is 0 Å². The molecule has 2 N–H and O–H groups in total. The highest BCUT2D eigenvalue weighted by molar-refractivity contribution is 5.65. The van der Waals surface area contributed by atoms with Gasteiger partial charge < -0.3 is 10.2 Å². The van der Waals surface area contributed by atoms with Crippen LogP contribution < -0.4 is 0 Å². The Bertz CT molecular complexity index is 1170. The van der Waals surface area contributed by atoms with Crippen LogP contribution in [0.4, 0.5) is 22.0 Å². The van der Waals surface area contributed by atoms with Crippen LogP contribution >= 0.6 is 0 Å². The van der Waals surface area contributed by atoms with Crippen LogP contribution in [0.2, 0.25) is 0 Å². The second-order valence-electron chi connectivity index (χ2n) is 8.62. The molecule has 0 aliphatic heterocycles. The largest absolute Gasteiger partial charge is 0.505 e. The van der Waals surface area contributed by atoms with Gasteiger partial charge in [-0.2, -0.15) is 8.78 Å². The normalized spacial score (nSPS) is 18.5. The van der Waals surface area contributed by atoms with Crippen LogP contribution in [0, 0.1) is 35.0 Å². The lowest BCUT2D eigenvalue weighted by molar-refractivity contribution is 0.303. The van der Waals surface area contributed by atoms with Gasteiger partial charge in [0, 0.05) is 5.56 Å². The molecule has 7 heteroatoms. The predicted molar refractivity (Wildman–Crippen MR) is 114 cm³/mol. The van der Waals surface area contributed by atoms with Crippen molar-refractivity contribution in [2.45, 2.75) is 44.4 Å². The molecule has 33 heavy (non-hydrogen) atoms. The predicted octanol–water partition coefficient (Wildman–Crippen LogP) is 7.37. The minimum absolute atomic E-state index is 0.118. The summed E-state index contributed by atoms with van der Waals surface area (Å²) in [5.74, 6) is -6.64. The Hall–Kier alpha value is -3.09. The first-order chi connectivity index (χ1) is 15.8. The zero-order valence-electron chi connectivity index (χ0n) is 17.7.